The molecular weight excluding hydrogens is 142 g/mol. The van der Waals surface area contributed by atoms with Gasteiger partial charge in [-0.1, -0.05) is 0 Å². The van der Waals surface area contributed by atoms with Gasteiger partial charge in [0.15, 0.2) is 0 Å². The summed E-state index contributed by atoms with van der Waals surface area (Å²) in [6.07, 6.45) is 1.79. The summed E-state index contributed by atoms with van der Waals surface area (Å²) in [5.41, 5.74) is 9.04. The smallest absolute Gasteiger partial charge is 0.0540 e. The van der Waals surface area contributed by atoms with Crippen LogP contribution in [-0.2, 0) is 0 Å². The molecule has 0 bridgehead atoms. The number of hydrogen-bond acceptors (Lipinski definition) is 4. The molecule has 11 heavy (non-hydrogen) atoms. The normalized spacial score (nSPS) is 13.7. The summed E-state index contributed by atoms with van der Waals surface area (Å²) in [6.45, 7) is 4.71. The van der Waals surface area contributed by atoms with Gasteiger partial charge in [-0.15, -0.1) is 0 Å². The molecule has 0 radical (unpaired) electrons. The van der Waals surface area contributed by atoms with Gasteiger partial charge in [-0.3, -0.25) is 4.99 Å². The van der Waals surface area contributed by atoms with Crippen LogP contribution in [0.4, 0.5) is 0 Å². The molecule has 0 aliphatic carbocycles. The Morgan fingerprint density at radius 1 is 1.64 bits per heavy atom. The maximum atomic E-state index is 8.20. The fourth-order valence-electron chi connectivity index (χ4n) is 0.657. The molecule has 0 aliphatic heterocycles. The highest BCUT2D eigenvalue weighted by atomic mass is 16.5. The molecule has 0 rings (SSSR count). The average molecular weight is 157 g/mol. The summed E-state index contributed by atoms with van der Waals surface area (Å²) < 4.78 is 0. The third-order valence-electron chi connectivity index (χ3n) is 1.02. The lowest BCUT2D eigenvalue weighted by Gasteiger charge is -1.94. The van der Waals surface area contributed by atoms with Gasteiger partial charge in [0.1, 0.15) is 0 Å². The fraction of sp³-hybridized carbons (Fsp3) is 0.571. The number of nitrogens with zero attached hydrogens (tertiary/aromatic N) is 1. The molecule has 0 saturated heterocycles. The lowest BCUT2D eigenvalue weighted by atomic mass is 10.3. The standard InChI is InChI=1S/C7H15N3O/c1-6(8)5-7(2)9-3-4-10-11/h5,10-11H,3-4,8H2,1-2H3. The van der Waals surface area contributed by atoms with E-state index >= 15 is 0 Å². The van der Waals surface area contributed by atoms with E-state index in [0.29, 0.717) is 13.1 Å². The lowest BCUT2D eigenvalue weighted by Crippen LogP contribution is -2.12. The summed E-state index contributed by atoms with van der Waals surface area (Å²) in [4.78, 5) is 4.09. The summed E-state index contributed by atoms with van der Waals surface area (Å²) in [5.74, 6) is 0. The molecule has 0 aromatic rings. The number of allylic oxidation sites excluding steroid dienone is 2. The third kappa shape index (κ3) is 7.02. The van der Waals surface area contributed by atoms with Gasteiger partial charge in [0.2, 0.25) is 0 Å². The first-order chi connectivity index (χ1) is 5.16. The van der Waals surface area contributed by atoms with Gasteiger partial charge >= 0.3 is 0 Å². The van der Waals surface area contributed by atoms with E-state index in [4.69, 9.17) is 10.9 Å². The van der Waals surface area contributed by atoms with Crippen LogP contribution in [0.1, 0.15) is 13.8 Å². The molecule has 4 heteroatoms. The first-order valence-electron chi connectivity index (χ1n) is 3.48. The summed E-state index contributed by atoms with van der Waals surface area (Å²) >= 11 is 0. The van der Waals surface area contributed by atoms with Gasteiger partial charge in [-0.25, -0.2) is 5.48 Å². The van der Waals surface area contributed by atoms with Crippen LogP contribution in [0.15, 0.2) is 16.8 Å². The van der Waals surface area contributed by atoms with Crippen LogP contribution >= 0.6 is 0 Å². The van der Waals surface area contributed by atoms with Crippen LogP contribution < -0.4 is 11.2 Å². The average Bonchev–Trinajstić information content (AvgIpc) is 1.86. The molecular formula is C7H15N3O. The second-order valence-corrected chi connectivity index (χ2v) is 2.32. The Hall–Kier alpha value is -0.870. The van der Waals surface area contributed by atoms with Crippen LogP contribution in [0.5, 0.6) is 0 Å². The summed E-state index contributed by atoms with van der Waals surface area (Å²) in [5, 5.41) is 8.20. The Kier molecular flexibility index (Phi) is 5.42. The zero-order valence-electron chi connectivity index (χ0n) is 6.96. The van der Waals surface area contributed by atoms with E-state index in [1.807, 2.05) is 19.3 Å². The highest BCUT2D eigenvalue weighted by molar-refractivity contribution is 5.93. The van der Waals surface area contributed by atoms with Crippen LogP contribution in [0.2, 0.25) is 0 Å². The predicted octanol–water partition coefficient (Wildman–Crippen LogP) is 0.289. The van der Waals surface area contributed by atoms with Crippen LogP contribution in [0.25, 0.3) is 0 Å². The molecule has 0 atom stereocenters. The van der Waals surface area contributed by atoms with Gasteiger partial charge in [0.05, 0.1) is 6.54 Å². The first kappa shape index (κ1) is 10.1. The number of nitrogens with two attached hydrogens (primary N) is 1. The van der Waals surface area contributed by atoms with Crippen LogP contribution in [-0.4, -0.2) is 24.0 Å². The molecule has 0 aromatic heterocycles. The van der Waals surface area contributed by atoms with E-state index in [9.17, 15) is 0 Å². The molecule has 4 nitrogen and oxygen atoms in total. The molecule has 4 N–H and O–H groups in total. The van der Waals surface area contributed by atoms with E-state index < -0.39 is 0 Å². The Balaban J connectivity index is 3.72. The van der Waals surface area contributed by atoms with Crippen molar-refractivity contribution in [3.63, 3.8) is 0 Å². The Morgan fingerprint density at radius 3 is 2.73 bits per heavy atom. The Bertz CT molecular complexity index is 159. The topological polar surface area (TPSA) is 70.6 Å². The number of hydrogen-bond donors (Lipinski definition) is 3. The van der Waals surface area contributed by atoms with E-state index in [0.717, 1.165) is 11.4 Å². The lowest BCUT2D eigenvalue weighted by molar-refractivity contribution is 0.170. The molecule has 0 spiro atoms. The van der Waals surface area contributed by atoms with Gasteiger partial charge in [0, 0.05) is 18.0 Å². The fourth-order valence-corrected chi connectivity index (χ4v) is 0.657. The van der Waals surface area contributed by atoms with Crippen molar-refractivity contribution in [2.24, 2.45) is 10.7 Å². The van der Waals surface area contributed by atoms with Gasteiger partial charge in [0.25, 0.3) is 0 Å². The van der Waals surface area contributed by atoms with Crippen molar-refractivity contribution in [3.8, 4) is 0 Å². The van der Waals surface area contributed by atoms with E-state index in [-0.39, 0.29) is 0 Å². The minimum Gasteiger partial charge on any atom is -0.402 e. The van der Waals surface area contributed by atoms with E-state index in [1.54, 1.807) is 6.08 Å². The third-order valence-corrected chi connectivity index (χ3v) is 1.02. The monoisotopic (exact) mass is 157 g/mol. The quantitative estimate of drug-likeness (QED) is 0.312. The largest absolute Gasteiger partial charge is 0.402 e. The number of aliphatic imine (C=N–C) groups is 1. The van der Waals surface area contributed by atoms with Gasteiger partial charge in [-0.05, 0) is 19.9 Å². The molecule has 0 aliphatic rings. The maximum absolute atomic E-state index is 8.20. The number of hydroxylamine groups is 1. The van der Waals surface area contributed by atoms with Gasteiger partial charge in [-0.2, -0.15) is 0 Å². The zero-order valence-corrected chi connectivity index (χ0v) is 6.96. The zero-order chi connectivity index (χ0) is 8.69. The van der Waals surface area contributed by atoms with Crippen LogP contribution in [0.3, 0.4) is 0 Å². The Labute approximate surface area is 66.8 Å². The van der Waals surface area contributed by atoms with Crippen molar-refractivity contribution in [1.82, 2.24) is 5.48 Å². The van der Waals surface area contributed by atoms with Crippen molar-refractivity contribution in [2.75, 3.05) is 13.1 Å². The van der Waals surface area contributed by atoms with Gasteiger partial charge < -0.3 is 10.9 Å². The maximum Gasteiger partial charge on any atom is 0.0540 e. The second kappa shape index (κ2) is 5.88. The number of nitrogens with one attached hydrogen (secondary N) is 1. The second-order valence-electron chi connectivity index (χ2n) is 2.32. The van der Waals surface area contributed by atoms with Crippen molar-refractivity contribution in [3.05, 3.63) is 11.8 Å². The molecule has 0 fully saturated rings. The summed E-state index contributed by atoms with van der Waals surface area (Å²) in [6, 6.07) is 0. The predicted molar refractivity (Wildman–Crippen MR) is 45.7 cm³/mol. The van der Waals surface area contributed by atoms with Crippen molar-refractivity contribution in [2.45, 2.75) is 13.8 Å². The molecule has 0 unspecified atom stereocenters. The van der Waals surface area contributed by atoms with Crippen molar-refractivity contribution in [1.29, 1.82) is 0 Å². The first-order valence-corrected chi connectivity index (χ1v) is 3.48. The highest BCUT2D eigenvalue weighted by Crippen LogP contribution is 1.84. The summed E-state index contributed by atoms with van der Waals surface area (Å²) in [7, 11) is 0. The molecule has 0 amide bonds. The number of rotatable bonds is 4. The van der Waals surface area contributed by atoms with Crippen molar-refractivity contribution >= 4 is 5.71 Å². The Morgan fingerprint density at radius 2 is 2.27 bits per heavy atom. The van der Waals surface area contributed by atoms with Crippen molar-refractivity contribution < 1.29 is 5.21 Å². The van der Waals surface area contributed by atoms with E-state index in [1.165, 1.54) is 0 Å². The molecule has 0 heterocycles. The molecule has 0 aromatic carbocycles. The minimum atomic E-state index is 0.467. The van der Waals surface area contributed by atoms with Crippen LogP contribution in [0, 0.1) is 0 Å². The molecule has 0 saturated carbocycles. The highest BCUT2D eigenvalue weighted by Gasteiger charge is 1.84. The molecule has 64 valence electrons. The van der Waals surface area contributed by atoms with E-state index in [2.05, 4.69) is 4.99 Å². The SMILES string of the molecule is CC(N)=CC(C)=NCCNO. The minimum absolute atomic E-state index is 0.467.